The van der Waals surface area contributed by atoms with Crippen molar-refractivity contribution in [3.63, 3.8) is 0 Å². The van der Waals surface area contributed by atoms with E-state index in [2.05, 4.69) is 0 Å². The second kappa shape index (κ2) is 7.36. The van der Waals surface area contributed by atoms with Crippen LogP contribution in [-0.4, -0.2) is 19.0 Å². The van der Waals surface area contributed by atoms with E-state index >= 15 is 0 Å². The number of allylic oxidation sites excluding steroid dienone is 1. The smallest absolute Gasteiger partial charge is 0.340 e. The van der Waals surface area contributed by atoms with Crippen molar-refractivity contribution in [3.8, 4) is 0 Å². The van der Waals surface area contributed by atoms with Gasteiger partial charge in [-0.25, -0.2) is 4.79 Å². The molecule has 0 atom stereocenters. The van der Waals surface area contributed by atoms with Crippen molar-refractivity contribution in [1.29, 1.82) is 0 Å². The summed E-state index contributed by atoms with van der Waals surface area (Å²) in [6.45, 7) is 1.68. The number of ether oxygens (including phenoxy) is 1. The zero-order valence-electron chi connectivity index (χ0n) is 14.1. The van der Waals surface area contributed by atoms with Gasteiger partial charge in [-0.3, -0.25) is 9.69 Å². The van der Waals surface area contributed by atoms with Crippen LogP contribution in [0.2, 0.25) is 10.0 Å². The van der Waals surface area contributed by atoms with Gasteiger partial charge in [0.05, 0.1) is 29.0 Å². The molecule has 1 aliphatic heterocycles. The number of anilines is 1. The molecule has 0 radical (unpaired) electrons. The van der Waals surface area contributed by atoms with Crippen LogP contribution < -0.4 is 4.90 Å². The number of rotatable bonds is 3. The van der Waals surface area contributed by atoms with E-state index in [0.717, 1.165) is 0 Å². The summed E-state index contributed by atoms with van der Waals surface area (Å²) < 4.78 is 4.88. The Morgan fingerprint density at radius 3 is 2.27 bits per heavy atom. The van der Waals surface area contributed by atoms with Crippen molar-refractivity contribution in [1.82, 2.24) is 0 Å². The molecule has 1 amide bonds. The number of nitrogens with zero attached hydrogens (tertiary/aromatic N) is 1. The fourth-order valence-corrected chi connectivity index (χ4v) is 3.26. The molecule has 3 rings (SSSR count). The Bertz CT molecular complexity index is 963. The van der Waals surface area contributed by atoms with Crippen molar-refractivity contribution in [3.05, 3.63) is 81.0 Å². The molecule has 0 bridgehead atoms. The summed E-state index contributed by atoms with van der Waals surface area (Å²) in [6, 6.07) is 14.0. The number of halogens is 2. The Balaban J connectivity index is 2.20. The van der Waals surface area contributed by atoms with Gasteiger partial charge in [-0.1, -0.05) is 53.5 Å². The highest BCUT2D eigenvalue weighted by molar-refractivity contribution is 6.35. The molecular weight excluding hydrogens is 373 g/mol. The van der Waals surface area contributed by atoms with Crippen LogP contribution in [0.4, 0.5) is 5.69 Å². The average molecular weight is 388 g/mol. The summed E-state index contributed by atoms with van der Waals surface area (Å²) in [6.07, 6.45) is 1.59. The maximum atomic E-state index is 13.1. The standard InChI is InChI=1S/C20H15Cl2NO3/c1-12-18(20(25)26-2)14(11-13-7-3-4-8-15(13)21)19(24)23(12)17-10-6-5-9-16(17)22/h3-11H,1-2H3/b14-11-. The lowest BCUT2D eigenvalue weighted by atomic mass is 10.0. The van der Waals surface area contributed by atoms with Crippen molar-refractivity contribution in [2.45, 2.75) is 6.92 Å². The summed E-state index contributed by atoms with van der Waals surface area (Å²) in [4.78, 5) is 26.9. The first-order chi connectivity index (χ1) is 12.5. The van der Waals surface area contributed by atoms with E-state index in [4.69, 9.17) is 27.9 Å². The van der Waals surface area contributed by atoms with Gasteiger partial charge < -0.3 is 4.74 Å². The maximum absolute atomic E-state index is 13.1. The number of carbonyl (C=O) groups is 2. The molecule has 4 nitrogen and oxygen atoms in total. The Morgan fingerprint density at radius 1 is 1.04 bits per heavy atom. The molecule has 0 aliphatic carbocycles. The summed E-state index contributed by atoms with van der Waals surface area (Å²) in [7, 11) is 1.28. The highest BCUT2D eigenvalue weighted by Gasteiger charge is 2.38. The topological polar surface area (TPSA) is 46.6 Å². The number of para-hydroxylation sites is 1. The number of amides is 1. The SMILES string of the molecule is COC(=O)C1=C(C)N(c2ccccc2Cl)C(=O)/C1=C\c1ccccc1Cl. The highest BCUT2D eigenvalue weighted by Crippen LogP contribution is 2.38. The third-order valence-corrected chi connectivity index (χ3v) is 4.75. The third-order valence-electron chi connectivity index (χ3n) is 4.09. The molecule has 0 saturated heterocycles. The molecule has 2 aromatic rings. The molecule has 0 N–H and O–H groups in total. The van der Waals surface area contributed by atoms with Crippen molar-refractivity contribution in [2.24, 2.45) is 0 Å². The third kappa shape index (κ3) is 3.14. The molecule has 2 aromatic carbocycles. The van der Waals surface area contributed by atoms with Crippen LogP contribution in [-0.2, 0) is 14.3 Å². The largest absolute Gasteiger partial charge is 0.465 e. The minimum Gasteiger partial charge on any atom is -0.465 e. The predicted molar refractivity (Wildman–Crippen MR) is 103 cm³/mol. The molecule has 1 aliphatic rings. The molecule has 26 heavy (non-hydrogen) atoms. The zero-order chi connectivity index (χ0) is 18.8. The fourth-order valence-electron chi connectivity index (χ4n) is 2.85. The molecule has 0 fully saturated rings. The summed E-state index contributed by atoms with van der Waals surface area (Å²) in [5.41, 5.74) is 1.99. The van der Waals surface area contributed by atoms with Crippen molar-refractivity contribution < 1.29 is 14.3 Å². The number of benzene rings is 2. The van der Waals surface area contributed by atoms with Gasteiger partial charge in [-0.05, 0) is 36.8 Å². The molecule has 0 spiro atoms. The van der Waals surface area contributed by atoms with Gasteiger partial charge in [0.25, 0.3) is 5.91 Å². The lowest BCUT2D eigenvalue weighted by molar-refractivity contribution is -0.136. The van der Waals surface area contributed by atoms with Crippen LogP contribution in [0.15, 0.2) is 65.4 Å². The van der Waals surface area contributed by atoms with Crippen LogP contribution in [0, 0.1) is 0 Å². The Hall–Kier alpha value is -2.56. The van der Waals surface area contributed by atoms with Crippen LogP contribution in [0.25, 0.3) is 6.08 Å². The number of hydrogen-bond acceptors (Lipinski definition) is 3. The molecule has 0 unspecified atom stereocenters. The van der Waals surface area contributed by atoms with Gasteiger partial charge in [0, 0.05) is 10.7 Å². The summed E-state index contributed by atoms with van der Waals surface area (Å²) >= 11 is 12.5. The number of methoxy groups -OCH3 is 1. The summed E-state index contributed by atoms with van der Waals surface area (Å²) in [5, 5.41) is 0.884. The minimum absolute atomic E-state index is 0.192. The molecule has 6 heteroatoms. The monoisotopic (exact) mass is 387 g/mol. The fraction of sp³-hybridized carbons (Fsp3) is 0.100. The maximum Gasteiger partial charge on any atom is 0.340 e. The van der Waals surface area contributed by atoms with Gasteiger partial charge in [-0.2, -0.15) is 0 Å². The lowest BCUT2D eigenvalue weighted by Gasteiger charge is -2.19. The van der Waals surface area contributed by atoms with Crippen LogP contribution in [0.3, 0.4) is 0 Å². The molecule has 0 saturated carbocycles. The first kappa shape index (κ1) is 18.2. The first-order valence-corrected chi connectivity index (χ1v) is 8.56. The second-order valence-electron chi connectivity index (χ2n) is 5.62. The number of carbonyl (C=O) groups excluding carboxylic acids is 2. The van der Waals surface area contributed by atoms with Gasteiger partial charge >= 0.3 is 5.97 Å². The van der Waals surface area contributed by atoms with Gasteiger partial charge in [0.1, 0.15) is 0 Å². The van der Waals surface area contributed by atoms with E-state index in [0.29, 0.717) is 27.0 Å². The zero-order valence-corrected chi connectivity index (χ0v) is 15.6. The van der Waals surface area contributed by atoms with E-state index in [1.54, 1.807) is 61.5 Å². The molecular formula is C20H15Cl2NO3. The molecule has 0 aromatic heterocycles. The van der Waals surface area contributed by atoms with E-state index < -0.39 is 5.97 Å². The van der Waals surface area contributed by atoms with Gasteiger partial charge in [-0.15, -0.1) is 0 Å². The van der Waals surface area contributed by atoms with Crippen LogP contribution in [0.1, 0.15) is 12.5 Å². The average Bonchev–Trinajstić information content (AvgIpc) is 2.87. The highest BCUT2D eigenvalue weighted by atomic mass is 35.5. The molecule has 1 heterocycles. The van der Waals surface area contributed by atoms with Crippen molar-refractivity contribution >= 4 is 46.8 Å². The lowest BCUT2D eigenvalue weighted by Crippen LogP contribution is -2.24. The van der Waals surface area contributed by atoms with Gasteiger partial charge in [0.2, 0.25) is 0 Å². The Kier molecular flexibility index (Phi) is 5.16. The number of hydrogen-bond donors (Lipinski definition) is 0. The van der Waals surface area contributed by atoms with E-state index in [1.165, 1.54) is 12.0 Å². The van der Waals surface area contributed by atoms with Crippen LogP contribution >= 0.6 is 23.2 Å². The van der Waals surface area contributed by atoms with E-state index in [9.17, 15) is 9.59 Å². The predicted octanol–water partition coefficient (Wildman–Crippen LogP) is 4.87. The Morgan fingerprint density at radius 2 is 1.65 bits per heavy atom. The quantitative estimate of drug-likeness (QED) is 0.557. The van der Waals surface area contributed by atoms with Gasteiger partial charge in [0.15, 0.2) is 0 Å². The Labute approximate surface area is 161 Å². The minimum atomic E-state index is -0.594. The van der Waals surface area contributed by atoms with Crippen LogP contribution in [0.5, 0.6) is 0 Å². The first-order valence-electron chi connectivity index (χ1n) is 7.80. The summed E-state index contributed by atoms with van der Waals surface area (Å²) in [5.74, 6) is -0.959. The number of esters is 1. The van der Waals surface area contributed by atoms with E-state index in [1.807, 2.05) is 0 Å². The van der Waals surface area contributed by atoms with Crippen molar-refractivity contribution in [2.75, 3.05) is 12.0 Å². The molecule has 132 valence electrons. The normalized spacial score (nSPS) is 15.8. The van der Waals surface area contributed by atoms with E-state index in [-0.39, 0.29) is 17.1 Å². The second-order valence-corrected chi connectivity index (χ2v) is 6.44.